The number of ether oxygens (including phenoxy) is 4. The van der Waals surface area contributed by atoms with E-state index in [1.807, 2.05) is 0 Å². The van der Waals surface area contributed by atoms with Crippen LogP contribution in [0.4, 0.5) is 0 Å². The molecule has 0 aliphatic carbocycles. The molecule has 5 atom stereocenters. The monoisotopic (exact) mass is 462 g/mol. The van der Waals surface area contributed by atoms with E-state index in [4.69, 9.17) is 24.5 Å². The second-order valence-corrected chi connectivity index (χ2v) is 7.06. The third-order valence-corrected chi connectivity index (χ3v) is 4.66. The fourth-order valence-corrected chi connectivity index (χ4v) is 3.37. The molecule has 33 heavy (non-hydrogen) atoms. The van der Waals surface area contributed by atoms with Gasteiger partial charge in [0, 0.05) is 18.8 Å². The summed E-state index contributed by atoms with van der Waals surface area (Å²) in [5, 5.41) is 16.0. The minimum absolute atomic E-state index is 0.0446. The van der Waals surface area contributed by atoms with Gasteiger partial charge in [0.05, 0.1) is 25.3 Å². The Morgan fingerprint density at radius 1 is 1.27 bits per heavy atom. The molecule has 12 nitrogen and oxygen atoms in total. The maximum atomic E-state index is 13.0. The minimum atomic E-state index is -1.29. The first kappa shape index (κ1) is 25.8. The SMILES string of the molecule is C=CCO[C@H]1O[C@H](CO)[C@@H](OC(=O)c2ccccc2CN=[N+]=[N-])[C@H](OC(C)=O)[C@H]1NC(C)=O. The van der Waals surface area contributed by atoms with Crippen LogP contribution in [0.2, 0.25) is 0 Å². The van der Waals surface area contributed by atoms with E-state index in [2.05, 4.69) is 21.9 Å². The van der Waals surface area contributed by atoms with Crippen LogP contribution in [0.3, 0.4) is 0 Å². The number of azide groups is 1. The molecule has 2 N–H and O–H groups in total. The number of hydrogen-bond acceptors (Lipinski definition) is 9. The fraction of sp³-hybridized carbons (Fsp3) is 0.476. The number of carbonyl (C=O) groups excluding carboxylic acids is 3. The standard InChI is InChI=1S/C21H26N4O8/c1-4-9-30-21-17(24-12(2)27)19(31-13(3)28)18(16(11-26)32-21)33-20(29)15-8-6-5-7-14(15)10-23-25-22/h4-8,16-19,21,26H,1,9-11H2,2-3H3,(H,24,27)/t16-,17-,18-,19-,21+/m1/s1. The molecule has 1 aromatic carbocycles. The molecule has 0 radical (unpaired) electrons. The van der Waals surface area contributed by atoms with Crippen LogP contribution in [0.1, 0.15) is 29.8 Å². The Bertz CT molecular complexity index is 917. The Balaban J connectivity index is 2.41. The second-order valence-electron chi connectivity index (χ2n) is 7.06. The zero-order valence-electron chi connectivity index (χ0n) is 18.2. The van der Waals surface area contributed by atoms with Crippen LogP contribution in [0.5, 0.6) is 0 Å². The van der Waals surface area contributed by atoms with E-state index in [-0.39, 0.29) is 18.7 Å². The van der Waals surface area contributed by atoms with Crippen LogP contribution < -0.4 is 5.32 Å². The second kappa shape index (κ2) is 12.6. The Hall–Kier alpha value is -3.44. The lowest BCUT2D eigenvalue weighted by Gasteiger charge is -2.44. The van der Waals surface area contributed by atoms with Gasteiger partial charge in [0.2, 0.25) is 5.91 Å². The maximum Gasteiger partial charge on any atom is 0.338 e. The number of hydrogen-bond donors (Lipinski definition) is 2. The Morgan fingerprint density at radius 2 is 2.00 bits per heavy atom. The van der Waals surface area contributed by atoms with Crippen LogP contribution in [0.15, 0.2) is 42.0 Å². The van der Waals surface area contributed by atoms with Crippen molar-refractivity contribution in [1.29, 1.82) is 0 Å². The van der Waals surface area contributed by atoms with E-state index in [0.29, 0.717) is 5.56 Å². The Labute approximate surface area is 190 Å². The van der Waals surface area contributed by atoms with Gasteiger partial charge < -0.3 is 29.4 Å². The highest BCUT2D eigenvalue weighted by Crippen LogP contribution is 2.28. The van der Waals surface area contributed by atoms with Gasteiger partial charge in [-0.15, -0.1) is 6.58 Å². The number of benzene rings is 1. The van der Waals surface area contributed by atoms with Crippen LogP contribution in [-0.4, -0.2) is 66.8 Å². The highest BCUT2D eigenvalue weighted by molar-refractivity contribution is 5.91. The Kier molecular flexibility index (Phi) is 9.83. The molecular formula is C21H26N4O8. The van der Waals surface area contributed by atoms with Crippen molar-refractivity contribution >= 4 is 17.8 Å². The topological polar surface area (TPSA) is 169 Å². The molecule has 1 amide bonds. The largest absolute Gasteiger partial charge is 0.456 e. The lowest BCUT2D eigenvalue weighted by molar-refractivity contribution is -0.270. The molecule has 0 bridgehead atoms. The molecule has 1 saturated heterocycles. The van der Waals surface area contributed by atoms with E-state index in [1.165, 1.54) is 19.1 Å². The van der Waals surface area contributed by atoms with Gasteiger partial charge in [0.1, 0.15) is 12.1 Å². The summed E-state index contributed by atoms with van der Waals surface area (Å²) in [6.07, 6.45) is -3.34. The molecule has 0 unspecified atom stereocenters. The van der Waals surface area contributed by atoms with Crippen LogP contribution in [-0.2, 0) is 35.1 Å². The first-order valence-electron chi connectivity index (χ1n) is 10.0. The van der Waals surface area contributed by atoms with Crippen molar-refractivity contribution in [3.05, 3.63) is 58.5 Å². The highest BCUT2D eigenvalue weighted by atomic mass is 16.7. The first-order valence-corrected chi connectivity index (χ1v) is 10.0. The zero-order valence-corrected chi connectivity index (χ0v) is 18.2. The molecular weight excluding hydrogens is 436 g/mol. The summed E-state index contributed by atoms with van der Waals surface area (Å²) < 4.78 is 22.3. The van der Waals surface area contributed by atoms with Gasteiger partial charge >= 0.3 is 11.9 Å². The van der Waals surface area contributed by atoms with Gasteiger partial charge in [-0.05, 0) is 17.2 Å². The number of amides is 1. The number of nitrogens with zero attached hydrogens (tertiary/aromatic N) is 3. The summed E-state index contributed by atoms with van der Waals surface area (Å²) in [6, 6.07) is 5.28. The van der Waals surface area contributed by atoms with Crippen LogP contribution in [0, 0.1) is 0 Å². The molecule has 178 valence electrons. The van der Waals surface area contributed by atoms with E-state index in [9.17, 15) is 19.5 Å². The number of carbonyl (C=O) groups is 3. The fourth-order valence-electron chi connectivity index (χ4n) is 3.37. The number of aliphatic hydroxyl groups excluding tert-OH is 1. The summed E-state index contributed by atoms with van der Waals surface area (Å²) in [5.74, 6) is -2.00. The van der Waals surface area contributed by atoms with E-state index in [0.717, 1.165) is 6.92 Å². The molecule has 1 aliphatic heterocycles. The molecule has 1 heterocycles. The molecule has 1 aromatic rings. The average molecular weight is 462 g/mol. The van der Waals surface area contributed by atoms with Crippen molar-refractivity contribution in [3.8, 4) is 0 Å². The average Bonchev–Trinajstić information content (AvgIpc) is 2.78. The minimum Gasteiger partial charge on any atom is -0.456 e. The van der Waals surface area contributed by atoms with Gasteiger partial charge in [-0.2, -0.15) is 0 Å². The van der Waals surface area contributed by atoms with Gasteiger partial charge in [-0.25, -0.2) is 4.79 Å². The molecule has 0 saturated carbocycles. The summed E-state index contributed by atoms with van der Waals surface area (Å²) in [4.78, 5) is 39.4. The van der Waals surface area contributed by atoms with Crippen molar-refractivity contribution < 1.29 is 38.4 Å². The van der Waals surface area contributed by atoms with Crippen LogP contribution >= 0.6 is 0 Å². The maximum absolute atomic E-state index is 13.0. The van der Waals surface area contributed by atoms with Gasteiger partial charge in [0.25, 0.3) is 0 Å². The molecule has 1 fully saturated rings. The lowest BCUT2D eigenvalue weighted by Crippen LogP contribution is -2.66. The van der Waals surface area contributed by atoms with Crippen molar-refractivity contribution in [2.45, 2.75) is 51.0 Å². The summed E-state index contributed by atoms with van der Waals surface area (Å²) in [7, 11) is 0. The van der Waals surface area contributed by atoms with Gasteiger partial charge in [-0.1, -0.05) is 29.4 Å². The summed E-state index contributed by atoms with van der Waals surface area (Å²) in [5.41, 5.74) is 9.11. The quantitative estimate of drug-likeness (QED) is 0.173. The summed E-state index contributed by atoms with van der Waals surface area (Å²) in [6.45, 7) is 5.31. The first-order chi connectivity index (χ1) is 15.8. The van der Waals surface area contributed by atoms with Crippen molar-refractivity contribution in [3.63, 3.8) is 0 Å². The zero-order chi connectivity index (χ0) is 24.4. The number of rotatable bonds is 10. The number of aliphatic hydroxyl groups is 1. The van der Waals surface area contributed by atoms with E-state index in [1.54, 1.807) is 18.2 Å². The summed E-state index contributed by atoms with van der Waals surface area (Å²) >= 11 is 0. The van der Waals surface area contributed by atoms with Crippen LogP contribution in [0.25, 0.3) is 10.4 Å². The van der Waals surface area contributed by atoms with Gasteiger partial charge in [0.15, 0.2) is 18.5 Å². The molecule has 1 aliphatic rings. The normalized spacial score (nSPS) is 24.2. The van der Waals surface area contributed by atoms with E-state index < -0.39 is 55.1 Å². The molecule has 0 spiro atoms. The lowest BCUT2D eigenvalue weighted by atomic mass is 9.96. The highest BCUT2D eigenvalue weighted by Gasteiger charge is 2.51. The predicted molar refractivity (Wildman–Crippen MR) is 114 cm³/mol. The Morgan fingerprint density at radius 3 is 2.61 bits per heavy atom. The molecule has 0 aromatic heterocycles. The predicted octanol–water partition coefficient (Wildman–Crippen LogP) is 1.38. The molecule has 2 rings (SSSR count). The third kappa shape index (κ3) is 7.02. The smallest absolute Gasteiger partial charge is 0.338 e. The number of nitrogens with one attached hydrogen (secondary N) is 1. The van der Waals surface area contributed by atoms with Gasteiger partial charge in [-0.3, -0.25) is 9.59 Å². The van der Waals surface area contributed by atoms with E-state index >= 15 is 0 Å². The third-order valence-electron chi connectivity index (χ3n) is 4.66. The van der Waals surface area contributed by atoms with Crippen molar-refractivity contribution in [2.75, 3.05) is 13.2 Å². The molecule has 12 heteroatoms. The van der Waals surface area contributed by atoms with Crippen molar-refractivity contribution in [1.82, 2.24) is 5.32 Å². The number of esters is 2. The van der Waals surface area contributed by atoms with Crippen molar-refractivity contribution in [2.24, 2.45) is 5.11 Å².